The second-order valence-electron chi connectivity index (χ2n) is 7.77. The van der Waals surface area contributed by atoms with E-state index >= 15 is 0 Å². The largest absolute Gasteiger partial charge is 0.330 e. The number of amides is 4. The fourth-order valence-electron chi connectivity index (χ4n) is 4.44. The first kappa shape index (κ1) is 18.8. The fraction of sp³-hybridized carbons (Fsp3) is 0.500. The number of rotatable bonds is 4. The van der Waals surface area contributed by atoms with Crippen molar-refractivity contribution < 1.29 is 19.2 Å². The summed E-state index contributed by atoms with van der Waals surface area (Å²) in [4.78, 5) is 52.9. The molecule has 148 valence electrons. The standard InChI is InChI=1S/C20H24N4O4/c21-9-12-3-2-8-23(10-12)11-13-4-1-5-14-17(13)20(28)24(19(14)27)15-6-7-16(25)22-18(15)26/h1,4-5,12,15H,2-3,6-11,21H2,(H,22,25,26)/t12-,15?/m0/s1. The molecule has 1 unspecified atom stereocenters. The van der Waals surface area contributed by atoms with Gasteiger partial charge in [-0.05, 0) is 49.9 Å². The van der Waals surface area contributed by atoms with Crippen LogP contribution in [0.1, 0.15) is 52.0 Å². The molecule has 0 aromatic heterocycles. The number of nitrogens with zero attached hydrogens (tertiary/aromatic N) is 2. The summed E-state index contributed by atoms with van der Waals surface area (Å²) in [7, 11) is 0. The number of fused-ring (bicyclic) bond motifs is 1. The van der Waals surface area contributed by atoms with Gasteiger partial charge in [-0.15, -0.1) is 0 Å². The fourth-order valence-corrected chi connectivity index (χ4v) is 4.44. The van der Waals surface area contributed by atoms with Crippen LogP contribution in [-0.4, -0.2) is 59.1 Å². The van der Waals surface area contributed by atoms with E-state index in [9.17, 15) is 19.2 Å². The molecule has 1 aromatic rings. The van der Waals surface area contributed by atoms with Crippen LogP contribution in [0.2, 0.25) is 0 Å². The number of imide groups is 2. The van der Waals surface area contributed by atoms with Gasteiger partial charge in [0.25, 0.3) is 11.8 Å². The lowest BCUT2D eigenvalue weighted by Crippen LogP contribution is -2.54. The quantitative estimate of drug-likeness (QED) is 0.720. The molecule has 2 saturated heterocycles. The molecule has 4 rings (SSSR count). The van der Waals surface area contributed by atoms with Crippen LogP contribution in [0.3, 0.4) is 0 Å². The number of carbonyl (C=O) groups excluding carboxylic acids is 4. The first-order chi connectivity index (χ1) is 13.5. The van der Waals surface area contributed by atoms with Gasteiger partial charge in [0, 0.05) is 19.5 Å². The Morgan fingerprint density at radius 1 is 1.11 bits per heavy atom. The molecule has 3 aliphatic rings. The number of hydrogen-bond acceptors (Lipinski definition) is 6. The molecule has 0 radical (unpaired) electrons. The zero-order valence-electron chi connectivity index (χ0n) is 15.6. The van der Waals surface area contributed by atoms with Crippen LogP contribution in [-0.2, 0) is 16.1 Å². The summed E-state index contributed by atoms with van der Waals surface area (Å²) in [6, 6.07) is 4.33. The molecule has 4 amide bonds. The van der Waals surface area contributed by atoms with Crippen molar-refractivity contribution in [1.82, 2.24) is 15.1 Å². The average Bonchev–Trinajstić information content (AvgIpc) is 2.94. The number of carbonyl (C=O) groups is 4. The van der Waals surface area contributed by atoms with Crippen molar-refractivity contribution in [1.29, 1.82) is 0 Å². The third kappa shape index (κ3) is 3.22. The van der Waals surface area contributed by atoms with Gasteiger partial charge in [0.2, 0.25) is 11.8 Å². The van der Waals surface area contributed by atoms with E-state index in [1.807, 2.05) is 6.07 Å². The molecule has 3 N–H and O–H groups in total. The highest BCUT2D eigenvalue weighted by Gasteiger charge is 2.45. The summed E-state index contributed by atoms with van der Waals surface area (Å²) in [5.74, 6) is -1.43. The molecular weight excluding hydrogens is 360 g/mol. The van der Waals surface area contributed by atoms with E-state index < -0.39 is 23.8 Å². The van der Waals surface area contributed by atoms with Crippen LogP contribution >= 0.6 is 0 Å². The van der Waals surface area contributed by atoms with Crippen molar-refractivity contribution in [2.24, 2.45) is 11.7 Å². The number of hydrogen-bond donors (Lipinski definition) is 2. The topological polar surface area (TPSA) is 113 Å². The predicted octanol–water partition coefficient (Wildman–Crippen LogP) is 0.259. The third-order valence-corrected chi connectivity index (χ3v) is 5.88. The number of likely N-dealkylation sites (tertiary alicyclic amines) is 1. The second-order valence-corrected chi connectivity index (χ2v) is 7.77. The number of piperidine rings is 2. The third-order valence-electron chi connectivity index (χ3n) is 5.88. The molecule has 8 heteroatoms. The van der Waals surface area contributed by atoms with Crippen molar-refractivity contribution >= 4 is 23.6 Å². The molecule has 0 bridgehead atoms. The van der Waals surface area contributed by atoms with Gasteiger partial charge in [-0.1, -0.05) is 12.1 Å². The lowest BCUT2D eigenvalue weighted by atomic mass is 9.96. The maximum atomic E-state index is 13.1. The van der Waals surface area contributed by atoms with Crippen LogP contribution in [0.15, 0.2) is 18.2 Å². The maximum Gasteiger partial charge on any atom is 0.262 e. The van der Waals surface area contributed by atoms with E-state index in [2.05, 4.69) is 10.2 Å². The van der Waals surface area contributed by atoms with E-state index in [0.29, 0.717) is 30.1 Å². The Hall–Kier alpha value is -2.58. The Morgan fingerprint density at radius 3 is 2.68 bits per heavy atom. The Balaban J connectivity index is 1.59. The average molecular weight is 384 g/mol. The zero-order valence-corrected chi connectivity index (χ0v) is 15.6. The minimum Gasteiger partial charge on any atom is -0.330 e. The Bertz CT molecular complexity index is 853. The number of nitrogens with two attached hydrogens (primary N) is 1. The van der Waals surface area contributed by atoms with Crippen molar-refractivity contribution in [2.75, 3.05) is 19.6 Å². The summed E-state index contributed by atoms with van der Waals surface area (Å²) in [6.45, 7) is 3.02. The Morgan fingerprint density at radius 2 is 1.93 bits per heavy atom. The molecule has 2 fully saturated rings. The molecule has 0 saturated carbocycles. The molecule has 1 aromatic carbocycles. The zero-order chi connectivity index (χ0) is 19.8. The van der Waals surface area contributed by atoms with Crippen LogP contribution in [0.5, 0.6) is 0 Å². The van der Waals surface area contributed by atoms with E-state index in [1.54, 1.807) is 12.1 Å². The first-order valence-electron chi connectivity index (χ1n) is 9.75. The molecule has 3 heterocycles. The van der Waals surface area contributed by atoms with E-state index in [-0.39, 0.29) is 18.7 Å². The highest BCUT2D eigenvalue weighted by atomic mass is 16.2. The van der Waals surface area contributed by atoms with Crippen molar-refractivity contribution in [2.45, 2.75) is 38.3 Å². The number of benzene rings is 1. The minimum absolute atomic E-state index is 0.116. The molecule has 2 atom stereocenters. The molecule has 28 heavy (non-hydrogen) atoms. The van der Waals surface area contributed by atoms with Gasteiger partial charge >= 0.3 is 0 Å². The van der Waals surface area contributed by atoms with E-state index in [0.717, 1.165) is 36.4 Å². The van der Waals surface area contributed by atoms with Crippen LogP contribution in [0.25, 0.3) is 0 Å². The van der Waals surface area contributed by atoms with Crippen LogP contribution in [0, 0.1) is 5.92 Å². The molecule has 8 nitrogen and oxygen atoms in total. The summed E-state index contributed by atoms with van der Waals surface area (Å²) in [6.07, 6.45) is 2.45. The maximum absolute atomic E-state index is 13.1. The predicted molar refractivity (Wildman–Crippen MR) is 100 cm³/mol. The molecule has 3 aliphatic heterocycles. The number of nitrogens with one attached hydrogen (secondary N) is 1. The van der Waals surface area contributed by atoms with Gasteiger partial charge in [0.15, 0.2) is 0 Å². The van der Waals surface area contributed by atoms with Gasteiger partial charge < -0.3 is 5.73 Å². The van der Waals surface area contributed by atoms with Gasteiger partial charge in [-0.25, -0.2) is 0 Å². The SMILES string of the molecule is NC[C@@H]1CCCN(Cc2cccc3c2C(=O)N(C2CCC(=O)NC2=O)C3=O)C1. The molecular formula is C20H24N4O4. The highest BCUT2D eigenvalue weighted by Crippen LogP contribution is 2.31. The van der Waals surface area contributed by atoms with E-state index in [4.69, 9.17) is 5.73 Å². The summed E-state index contributed by atoms with van der Waals surface area (Å²) in [5.41, 5.74) is 7.33. The Kier molecular flexibility index (Phi) is 4.99. The molecule has 0 aliphatic carbocycles. The lowest BCUT2D eigenvalue weighted by molar-refractivity contribution is -0.136. The van der Waals surface area contributed by atoms with E-state index in [1.165, 1.54) is 0 Å². The summed E-state index contributed by atoms with van der Waals surface area (Å²) < 4.78 is 0. The minimum atomic E-state index is -0.936. The van der Waals surface area contributed by atoms with Crippen molar-refractivity contribution in [3.8, 4) is 0 Å². The van der Waals surface area contributed by atoms with Gasteiger partial charge in [-0.3, -0.25) is 34.3 Å². The van der Waals surface area contributed by atoms with Crippen molar-refractivity contribution in [3.05, 3.63) is 34.9 Å². The lowest BCUT2D eigenvalue weighted by Gasteiger charge is -2.32. The second kappa shape index (κ2) is 7.44. The molecule has 0 spiro atoms. The first-order valence-corrected chi connectivity index (χ1v) is 9.75. The van der Waals surface area contributed by atoms with Gasteiger partial charge in [0.05, 0.1) is 11.1 Å². The van der Waals surface area contributed by atoms with Gasteiger partial charge in [-0.2, -0.15) is 0 Å². The van der Waals surface area contributed by atoms with Gasteiger partial charge in [0.1, 0.15) is 6.04 Å². The van der Waals surface area contributed by atoms with Crippen molar-refractivity contribution in [3.63, 3.8) is 0 Å². The smallest absolute Gasteiger partial charge is 0.262 e. The summed E-state index contributed by atoms with van der Waals surface area (Å²) >= 11 is 0. The Labute approximate surface area is 163 Å². The normalized spacial score (nSPS) is 25.8. The monoisotopic (exact) mass is 384 g/mol. The summed E-state index contributed by atoms with van der Waals surface area (Å²) in [5, 5.41) is 2.22. The van der Waals surface area contributed by atoms with Crippen LogP contribution < -0.4 is 11.1 Å². The highest BCUT2D eigenvalue weighted by molar-refractivity contribution is 6.24. The van der Waals surface area contributed by atoms with Crippen LogP contribution in [0.4, 0.5) is 0 Å².